The zero-order chi connectivity index (χ0) is 28.1. The molecule has 188 valence electrons. The summed E-state index contributed by atoms with van der Waals surface area (Å²) in [5, 5.41) is 3.34. The fourth-order valence-electron chi connectivity index (χ4n) is 6.05. The maximum atomic E-state index is 8.49. The Morgan fingerprint density at radius 3 is 2.43 bits per heavy atom. The molecule has 2 heterocycles. The van der Waals surface area contributed by atoms with Crippen LogP contribution in [-0.4, -0.2) is 4.98 Å². The Labute approximate surface area is 229 Å². The molecular weight excluding hydrogens is 466 g/mol. The molecule has 0 saturated heterocycles. The number of aromatic nitrogens is 1. The Hall–Kier alpha value is -2.97. The van der Waals surface area contributed by atoms with Crippen LogP contribution in [0.25, 0.3) is 42.6 Å². The minimum absolute atomic E-state index is 0.194. The van der Waals surface area contributed by atoms with Crippen LogP contribution in [-0.2, 0) is 6.42 Å². The Kier molecular flexibility index (Phi) is 5.52. The van der Waals surface area contributed by atoms with E-state index in [2.05, 4.69) is 81.4 Å². The number of thiophene rings is 1. The van der Waals surface area contributed by atoms with Gasteiger partial charge in [-0.1, -0.05) is 88.6 Å². The van der Waals surface area contributed by atoms with Gasteiger partial charge in [0, 0.05) is 20.7 Å². The van der Waals surface area contributed by atoms with Gasteiger partial charge in [-0.15, -0.1) is 11.3 Å². The van der Waals surface area contributed by atoms with Crippen molar-refractivity contribution in [3.8, 4) is 21.7 Å². The molecular formula is C35H37NS. The van der Waals surface area contributed by atoms with Crippen LogP contribution in [0.5, 0.6) is 0 Å². The first-order valence-corrected chi connectivity index (χ1v) is 14.4. The molecule has 2 heteroatoms. The number of hydrogen-bond acceptors (Lipinski definition) is 2. The molecule has 1 aliphatic carbocycles. The first-order valence-electron chi connectivity index (χ1n) is 15.1. The third-order valence-electron chi connectivity index (χ3n) is 7.77. The van der Waals surface area contributed by atoms with E-state index in [-0.39, 0.29) is 5.41 Å². The molecule has 6 rings (SSSR count). The van der Waals surface area contributed by atoms with Crippen molar-refractivity contribution < 1.29 is 4.11 Å². The number of fused-ring (bicyclic) bond motifs is 2. The summed E-state index contributed by atoms with van der Waals surface area (Å²) >= 11 is 1.57. The second-order valence-electron chi connectivity index (χ2n) is 11.9. The van der Waals surface area contributed by atoms with Gasteiger partial charge in [0.05, 0.1) is 10.4 Å². The normalized spacial score (nSPS) is 16.6. The lowest BCUT2D eigenvalue weighted by atomic mass is 9.81. The van der Waals surface area contributed by atoms with Crippen LogP contribution in [0.1, 0.15) is 79.6 Å². The average Bonchev–Trinajstić information content (AvgIpc) is 3.33. The Bertz CT molecular complexity index is 1670. The zero-order valence-electron chi connectivity index (χ0n) is 25.1. The van der Waals surface area contributed by atoms with E-state index in [1.54, 1.807) is 17.5 Å². The van der Waals surface area contributed by atoms with Gasteiger partial charge in [0.1, 0.15) is 0 Å². The van der Waals surface area contributed by atoms with Gasteiger partial charge in [0.15, 0.2) is 0 Å². The standard InChI is InChI=1S/C35H37NS/c1-23-29-18-19-36-32(34(29)37-33(23)26-16-14-24(15-17-26)22-35(2,3)4)28-20-27-12-8-9-13-30(27)31(21-28)25-10-6-5-7-11-25/h8-9,12-21,25H,5-7,10-11,22H2,1-4H3/i1D3. The molecule has 1 fully saturated rings. The summed E-state index contributed by atoms with van der Waals surface area (Å²) in [5.41, 5.74) is 6.22. The summed E-state index contributed by atoms with van der Waals surface area (Å²) in [6.45, 7) is 4.48. The molecule has 3 aromatic carbocycles. The largest absolute Gasteiger partial charge is 0.255 e. The minimum Gasteiger partial charge on any atom is -0.255 e. The molecule has 5 aromatic rings. The lowest BCUT2D eigenvalue weighted by molar-refractivity contribution is 0.411. The smallest absolute Gasteiger partial charge is 0.0880 e. The van der Waals surface area contributed by atoms with Gasteiger partial charge >= 0.3 is 0 Å². The predicted octanol–water partition coefficient (Wildman–Crippen LogP) is 10.7. The second-order valence-corrected chi connectivity index (χ2v) is 12.9. The lowest BCUT2D eigenvalue weighted by Crippen LogP contribution is -2.08. The van der Waals surface area contributed by atoms with E-state index in [9.17, 15) is 0 Å². The molecule has 0 unspecified atom stereocenters. The van der Waals surface area contributed by atoms with E-state index in [0.717, 1.165) is 38.2 Å². The number of nitrogens with zero attached hydrogens (tertiary/aromatic N) is 1. The van der Waals surface area contributed by atoms with Crippen molar-refractivity contribution in [1.82, 2.24) is 4.98 Å². The summed E-state index contributed by atoms with van der Waals surface area (Å²) in [6.07, 6.45) is 9.09. The Balaban J connectivity index is 1.53. The molecule has 1 aliphatic rings. The Morgan fingerprint density at radius 2 is 1.68 bits per heavy atom. The summed E-state index contributed by atoms with van der Waals surface area (Å²) in [6, 6.07) is 23.6. The molecule has 2 aromatic heterocycles. The molecule has 0 amide bonds. The minimum atomic E-state index is -2.23. The van der Waals surface area contributed by atoms with Crippen LogP contribution >= 0.6 is 11.3 Å². The molecule has 1 nitrogen and oxygen atoms in total. The zero-order valence-corrected chi connectivity index (χ0v) is 22.9. The summed E-state index contributed by atoms with van der Waals surface area (Å²) in [5.74, 6) is 0.557. The van der Waals surface area contributed by atoms with Crippen molar-refractivity contribution in [1.29, 1.82) is 0 Å². The highest BCUT2D eigenvalue weighted by atomic mass is 32.1. The highest BCUT2D eigenvalue weighted by Crippen LogP contribution is 2.44. The van der Waals surface area contributed by atoms with E-state index in [1.807, 2.05) is 6.07 Å². The first-order chi connectivity index (χ1) is 19.1. The van der Waals surface area contributed by atoms with Gasteiger partial charge in [-0.25, -0.2) is 0 Å². The van der Waals surface area contributed by atoms with E-state index in [1.165, 1.54) is 54.0 Å². The van der Waals surface area contributed by atoms with E-state index < -0.39 is 6.85 Å². The SMILES string of the molecule is [2H]C([2H])([2H])c1c(-c2ccc(CC(C)(C)C)cc2)sc2c(-c3cc(C4CCCCC4)c4ccccc4c3)nccc12. The Morgan fingerprint density at radius 1 is 0.892 bits per heavy atom. The predicted molar refractivity (Wildman–Crippen MR) is 162 cm³/mol. The van der Waals surface area contributed by atoms with E-state index >= 15 is 0 Å². The van der Waals surface area contributed by atoms with Crippen LogP contribution in [0.3, 0.4) is 0 Å². The number of aryl methyl sites for hydroxylation is 1. The summed E-state index contributed by atoms with van der Waals surface area (Å²) in [4.78, 5) is 5.70. The molecule has 0 radical (unpaired) electrons. The molecule has 0 atom stereocenters. The maximum absolute atomic E-state index is 8.49. The maximum Gasteiger partial charge on any atom is 0.0880 e. The van der Waals surface area contributed by atoms with Crippen molar-refractivity contribution in [2.45, 2.75) is 72.1 Å². The van der Waals surface area contributed by atoms with Crippen LogP contribution in [0.15, 0.2) is 72.9 Å². The third-order valence-corrected chi connectivity index (χ3v) is 9.03. The van der Waals surface area contributed by atoms with Crippen LogP contribution < -0.4 is 0 Å². The second kappa shape index (κ2) is 9.72. The monoisotopic (exact) mass is 506 g/mol. The van der Waals surface area contributed by atoms with Gasteiger partial charge in [-0.2, -0.15) is 0 Å². The van der Waals surface area contributed by atoms with Crippen molar-refractivity contribution in [3.63, 3.8) is 0 Å². The highest BCUT2D eigenvalue weighted by Gasteiger charge is 2.21. The van der Waals surface area contributed by atoms with Gasteiger partial charge in [-0.05, 0) is 94.1 Å². The number of hydrogen-bond donors (Lipinski definition) is 0. The first kappa shape index (κ1) is 21.0. The van der Waals surface area contributed by atoms with Crippen molar-refractivity contribution in [2.24, 2.45) is 5.41 Å². The lowest BCUT2D eigenvalue weighted by Gasteiger charge is -2.24. The number of rotatable bonds is 4. The molecule has 0 spiro atoms. The van der Waals surface area contributed by atoms with Crippen LogP contribution in [0.4, 0.5) is 0 Å². The molecule has 1 saturated carbocycles. The fraction of sp³-hybridized carbons (Fsp3) is 0.343. The van der Waals surface area contributed by atoms with Gasteiger partial charge in [0.2, 0.25) is 0 Å². The summed E-state index contributed by atoms with van der Waals surface area (Å²) in [7, 11) is 0. The topological polar surface area (TPSA) is 12.9 Å². The van der Waals surface area contributed by atoms with Crippen molar-refractivity contribution in [3.05, 3.63) is 89.6 Å². The number of pyridine rings is 1. The molecule has 37 heavy (non-hydrogen) atoms. The van der Waals surface area contributed by atoms with E-state index in [4.69, 9.17) is 9.10 Å². The average molecular weight is 507 g/mol. The van der Waals surface area contributed by atoms with Gasteiger partial charge in [0.25, 0.3) is 0 Å². The van der Waals surface area contributed by atoms with Crippen LogP contribution in [0.2, 0.25) is 0 Å². The van der Waals surface area contributed by atoms with E-state index in [0.29, 0.717) is 11.5 Å². The number of benzene rings is 3. The third kappa shape index (κ3) is 4.84. The quantitative estimate of drug-likeness (QED) is 0.236. The van der Waals surface area contributed by atoms with Crippen LogP contribution in [0, 0.1) is 12.3 Å². The molecule has 0 bridgehead atoms. The van der Waals surface area contributed by atoms with Crippen molar-refractivity contribution >= 4 is 32.2 Å². The van der Waals surface area contributed by atoms with Crippen molar-refractivity contribution in [2.75, 3.05) is 0 Å². The fourth-order valence-corrected chi connectivity index (χ4v) is 7.26. The highest BCUT2D eigenvalue weighted by molar-refractivity contribution is 7.23. The molecule has 0 N–H and O–H groups in total. The van der Waals surface area contributed by atoms with Gasteiger partial charge in [-0.3, -0.25) is 4.98 Å². The van der Waals surface area contributed by atoms with Gasteiger partial charge < -0.3 is 0 Å². The summed E-state index contributed by atoms with van der Waals surface area (Å²) < 4.78 is 26.4. The molecule has 0 aliphatic heterocycles.